The first kappa shape index (κ1) is 11.0. The Morgan fingerprint density at radius 2 is 2.36 bits per heavy atom. The molecule has 14 heavy (non-hydrogen) atoms. The molecule has 0 aromatic carbocycles. The predicted molar refractivity (Wildman–Crippen MR) is 58.9 cm³/mol. The molecule has 1 aliphatic carbocycles. The summed E-state index contributed by atoms with van der Waals surface area (Å²) >= 11 is 0. The third-order valence-electron chi connectivity index (χ3n) is 2.60. The molecule has 0 aliphatic heterocycles. The van der Waals surface area contributed by atoms with Crippen LogP contribution in [0.3, 0.4) is 0 Å². The van der Waals surface area contributed by atoms with E-state index in [0.717, 1.165) is 19.4 Å². The van der Waals surface area contributed by atoms with Gasteiger partial charge in [-0.15, -0.1) is 0 Å². The van der Waals surface area contributed by atoms with Gasteiger partial charge in [-0.2, -0.15) is 0 Å². The van der Waals surface area contributed by atoms with Gasteiger partial charge in [0, 0.05) is 25.2 Å². The highest BCUT2D eigenvalue weighted by Gasteiger charge is 2.13. The van der Waals surface area contributed by atoms with E-state index in [1.54, 1.807) is 6.92 Å². The van der Waals surface area contributed by atoms with Gasteiger partial charge in [0.15, 0.2) is 0 Å². The average molecular weight is 193 g/mol. The molecule has 0 heterocycles. The van der Waals surface area contributed by atoms with Crippen molar-refractivity contribution in [2.45, 2.75) is 26.7 Å². The Labute approximate surface area is 86.3 Å². The van der Waals surface area contributed by atoms with Crippen LogP contribution in [-0.2, 0) is 4.79 Å². The van der Waals surface area contributed by atoms with Gasteiger partial charge in [0.05, 0.1) is 0 Å². The van der Waals surface area contributed by atoms with Gasteiger partial charge in [0.25, 0.3) is 0 Å². The zero-order valence-electron chi connectivity index (χ0n) is 9.29. The molecule has 2 heteroatoms. The van der Waals surface area contributed by atoms with Crippen LogP contribution >= 0.6 is 0 Å². The zero-order valence-corrected chi connectivity index (χ0v) is 9.29. The molecule has 0 aromatic heterocycles. The van der Waals surface area contributed by atoms with Gasteiger partial charge in [-0.1, -0.05) is 19.1 Å². The largest absolute Gasteiger partial charge is 0.375 e. The van der Waals surface area contributed by atoms with Crippen molar-refractivity contribution in [2.24, 2.45) is 5.92 Å². The standard InChI is InChI=1S/C12H19NO/c1-4-9-13(3)12-7-5-11(6-8-12)10(2)14/h5,7-8,11H,4,6,9H2,1-3H3. The number of Topliss-reactive ketones (excluding diaryl/α,β-unsaturated/α-hetero) is 1. The Morgan fingerprint density at radius 1 is 1.64 bits per heavy atom. The van der Waals surface area contributed by atoms with Gasteiger partial charge in [-0.05, 0) is 25.8 Å². The molecule has 0 saturated heterocycles. The van der Waals surface area contributed by atoms with E-state index in [2.05, 4.69) is 31.0 Å². The van der Waals surface area contributed by atoms with Crippen LogP contribution in [0.25, 0.3) is 0 Å². The monoisotopic (exact) mass is 193 g/mol. The summed E-state index contributed by atoms with van der Waals surface area (Å²) in [4.78, 5) is 13.3. The van der Waals surface area contributed by atoms with E-state index in [0.29, 0.717) is 0 Å². The minimum Gasteiger partial charge on any atom is -0.375 e. The van der Waals surface area contributed by atoms with Gasteiger partial charge in [0.2, 0.25) is 0 Å². The highest BCUT2D eigenvalue weighted by Crippen LogP contribution is 2.18. The number of ketones is 1. The van der Waals surface area contributed by atoms with Crippen LogP contribution in [0.1, 0.15) is 26.7 Å². The fourth-order valence-electron chi connectivity index (χ4n) is 1.66. The van der Waals surface area contributed by atoms with Crippen LogP contribution in [0.4, 0.5) is 0 Å². The normalized spacial score (nSPS) is 20.5. The summed E-state index contributed by atoms with van der Waals surface area (Å²) in [7, 11) is 2.09. The van der Waals surface area contributed by atoms with E-state index in [9.17, 15) is 4.79 Å². The third kappa shape index (κ3) is 2.72. The molecule has 0 aromatic rings. The number of allylic oxidation sites excluding steroid dienone is 3. The highest BCUT2D eigenvalue weighted by atomic mass is 16.1. The lowest BCUT2D eigenvalue weighted by atomic mass is 9.95. The molecule has 1 atom stereocenters. The molecular formula is C12H19NO. The van der Waals surface area contributed by atoms with Crippen LogP contribution < -0.4 is 0 Å². The summed E-state index contributed by atoms with van der Waals surface area (Å²) in [6.45, 7) is 4.90. The Bertz CT molecular complexity index is 265. The topological polar surface area (TPSA) is 20.3 Å². The van der Waals surface area contributed by atoms with E-state index in [4.69, 9.17) is 0 Å². The fourth-order valence-corrected chi connectivity index (χ4v) is 1.66. The predicted octanol–water partition coefficient (Wildman–Crippen LogP) is 2.38. The van der Waals surface area contributed by atoms with E-state index in [1.165, 1.54) is 5.70 Å². The molecule has 1 aliphatic rings. The lowest BCUT2D eigenvalue weighted by molar-refractivity contribution is -0.119. The van der Waals surface area contributed by atoms with Crippen molar-refractivity contribution in [1.82, 2.24) is 4.90 Å². The Morgan fingerprint density at radius 3 is 2.79 bits per heavy atom. The van der Waals surface area contributed by atoms with E-state index >= 15 is 0 Å². The lowest BCUT2D eigenvalue weighted by Crippen LogP contribution is -2.20. The summed E-state index contributed by atoms with van der Waals surface area (Å²) in [5.74, 6) is 0.364. The van der Waals surface area contributed by atoms with Crippen molar-refractivity contribution in [3.8, 4) is 0 Å². The Balaban J connectivity index is 2.54. The number of carbonyl (C=O) groups is 1. The number of carbonyl (C=O) groups excluding carboxylic acids is 1. The van der Waals surface area contributed by atoms with E-state index in [-0.39, 0.29) is 11.7 Å². The summed E-state index contributed by atoms with van der Waals surface area (Å²) < 4.78 is 0. The van der Waals surface area contributed by atoms with Crippen molar-refractivity contribution in [1.29, 1.82) is 0 Å². The van der Waals surface area contributed by atoms with Crippen LogP contribution in [0, 0.1) is 5.92 Å². The van der Waals surface area contributed by atoms with Crippen LogP contribution in [0.2, 0.25) is 0 Å². The minimum atomic E-state index is 0.105. The number of rotatable bonds is 4. The average Bonchev–Trinajstić information content (AvgIpc) is 2.18. The number of nitrogens with zero attached hydrogens (tertiary/aromatic N) is 1. The quantitative estimate of drug-likeness (QED) is 0.683. The van der Waals surface area contributed by atoms with Crippen molar-refractivity contribution < 1.29 is 4.79 Å². The molecular weight excluding hydrogens is 174 g/mol. The molecule has 0 spiro atoms. The molecule has 0 bridgehead atoms. The third-order valence-corrected chi connectivity index (χ3v) is 2.60. The second-order valence-electron chi connectivity index (χ2n) is 3.86. The van der Waals surface area contributed by atoms with Gasteiger partial charge in [0.1, 0.15) is 5.78 Å². The molecule has 1 rings (SSSR count). The molecule has 0 radical (unpaired) electrons. The minimum absolute atomic E-state index is 0.105. The molecule has 0 N–H and O–H groups in total. The maximum Gasteiger partial charge on any atom is 0.136 e. The smallest absolute Gasteiger partial charge is 0.136 e. The fraction of sp³-hybridized carbons (Fsp3) is 0.583. The first-order valence-electron chi connectivity index (χ1n) is 5.25. The second-order valence-corrected chi connectivity index (χ2v) is 3.86. The number of hydrogen-bond donors (Lipinski definition) is 0. The highest BCUT2D eigenvalue weighted by molar-refractivity contribution is 5.80. The number of hydrogen-bond acceptors (Lipinski definition) is 2. The SMILES string of the molecule is CCCN(C)C1=CCC(C(C)=O)C=C1. The van der Waals surface area contributed by atoms with E-state index < -0.39 is 0 Å². The maximum absolute atomic E-state index is 11.1. The van der Waals surface area contributed by atoms with Crippen LogP contribution in [0.15, 0.2) is 23.9 Å². The molecule has 78 valence electrons. The second kappa shape index (κ2) is 4.99. The Kier molecular flexibility index (Phi) is 3.93. The summed E-state index contributed by atoms with van der Waals surface area (Å²) in [6.07, 6.45) is 8.24. The van der Waals surface area contributed by atoms with Gasteiger partial charge >= 0.3 is 0 Å². The van der Waals surface area contributed by atoms with Crippen molar-refractivity contribution >= 4 is 5.78 Å². The molecule has 0 amide bonds. The van der Waals surface area contributed by atoms with Gasteiger partial charge in [-0.25, -0.2) is 0 Å². The summed E-state index contributed by atoms with van der Waals surface area (Å²) in [5.41, 5.74) is 1.24. The number of likely N-dealkylation sites (N-methyl/N-ethyl adjacent to an activating group) is 1. The van der Waals surface area contributed by atoms with Crippen molar-refractivity contribution in [3.05, 3.63) is 23.9 Å². The molecule has 0 fully saturated rings. The summed E-state index contributed by atoms with van der Waals surface area (Å²) in [5, 5.41) is 0. The molecule has 1 unspecified atom stereocenters. The van der Waals surface area contributed by atoms with Crippen molar-refractivity contribution in [2.75, 3.05) is 13.6 Å². The summed E-state index contributed by atoms with van der Waals surface area (Å²) in [6, 6.07) is 0. The maximum atomic E-state index is 11.1. The lowest BCUT2D eigenvalue weighted by Gasteiger charge is -2.23. The molecule has 2 nitrogen and oxygen atoms in total. The van der Waals surface area contributed by atoms with Crippen LogP contribution in [-0.4, -0.2) is 24.3 Å². The van der Waals surface area contributed by atoms with Gasteiger partial charge in [-0.3, -0.25) is 4.79 Å². The first-order valence-corrected chi connectivity index (χ1v) is 5.25. The van der Waals surface area contributed by atoms with Crippen LogP contribution in [0.5, 0.6) is 0 Å². The Hall–Kier alpha value is -1.05. The van der Waals surface area contributed by atoms with Crippen molar-refractivity contribution in [3.63, 3.8) is 0 Å². The zero-order chi connectivity index (χ0) is 10.6. The molecule has 0 saturated carbocycles. The van der Waals surface area contributed by atoms with Gasteiger partial charge < -0.3 is 4.90 Å². The van der Waals surface area contributed by atoms with E-state index in [1.807, 2.05) is 6.08 Å². The first-order chi connectivity index (χ1) is 6.65.